The Morgan fingerprint density at radius 3 is 1.27 bits per heavy atom. The Morgan fingerprint density at radius 1 is 0.530 bits per heavy atom. The van der Waals surface area contributed by atoms with Crippen molar-refractivity contribution in [2.45, 2.75) is 76.8 Å². The van der Waals surface area contributed by atoms with Crippen LogP contribution in [0.2, 0.25) is 0 Å². The number of aliphatic hydroxyl groups is 2. The van der Waals surface area contributed by atoms with E-state index in [1.807, 2.05) is 88.4 Å². The zero-order valence-corrected chi connectivity index (χ0v) is 36.9. The molecule has 0 saturated carbocycles. The summed E-state index contributed by atoms with van der Waals surface area (Å²) in [6.45, 7) is 10.5. The third-order valence-electron chi connectivity index (χ3n) is 12.6. The summed E-state index contributed by atoms with van der Waals surface area (Å²) in [5.74, 6) is -4.60. The quantitative estimate of drug-likeness (QED) is 0.0813. The molecule has 2 unspecified atom stereocenters. The second kappa shape index (κ2) is 15.4. The van der Waals surface area contributed by atoms with Gasteiger partial charge in [-0.25, -0.2) is 9.59 Å². The summed E-state index contributed by atoms with van der Waals surface area (Å²) in [7, 11) is 0. The molecule has 0 aromatic heterocycles. The zero-order chi connectivity index (χ0) is 47.1. The maximum Gasteiger partial charge on any atom is 0.343 e. The van der Waals surface area contributed by atoms with Crippen molar-refractivity contribution in [3.8, 4) is 0 Å². The predicted octanol–water partition coefficient (Wildman–Crippen LogP) is 9.02. The molecule has 12 nitrogen and oxygen atoms in total. The maximum atomic E-state index is 13.2. The summed E-state index contributed by atoms with van der Waals surface area (Å²) in [4.78, 5) is 78.0. The molecule has 66 heavy (non-hydrogen) atoms. The maximum absolute atomic E-state index is 13.2. The van der Waals surface area contributed by atoms with Gasteiger partial charge in [-0.05, 0) is 98.5 Å². The van der Waals surface area contributed by atoms with Crippen LogP contribution in [0.15, 0.2) is 166 Å². The molecule has 0 saturated heterocycles. The Bertz CT molecular complexity index is 2980. The molecule has 2 aliphatic carbocycles. The molecule has 4 aromatic carbocycles. The summed E-state index contributed by atoms with van der Waals surface area (Å²) in [6, 6.07) is 25.9. The van der Waals surface area contributed by atoms with Crippen molar-refractivity contribution in [3.05, 3.63) is 177 Å². The Kier molecular flexibility index (Phi) is 10.1. The monoisotopic (exact) mass is 884 g/mol. The molecular weight excluding hydrogens is 841 g/mol. The number of ether oxygens (including phenoxy) is 4. The average molecular weight is 885 g/mol. The number of carbonyl (C=O) groups excluding carboxylic acids is 6. The van der Waals surface area contributed by atoms with Gasteiger partial charge in [-0.15, -0.1) is 0 Å². The number of carbonyl (C=O) groups is 6. The molecule has 332 valence electrons. The van der Waals surface area contributed by atoms with Crippen molar-refractivity contribution in [1.29, 1.82) is 0 Å². The van der Waals surface area contributed by atoms with E-state index in [-0.39, 0.29) is 33.8 Å². The zero-order valence-electron chi connectivity index (χ0n) is 36.9. The first kappa shape index (κ1) is 43.4. The molecule has 0 bridgehead atoms. The minimum Gasteiger partial charge on any atom is -0.507 e. The van der Waals surface area contributed by atoms with Gasteiger partial charge in [0.05, 0.1) is 23.7 Å². The van der Waals surface area contributed by atoms with Crippen LogP contribution in [0.25, 0.3) is 33.1 Å². The first-order valence-corrected chi connectivity index (χ1v) is 21.3. The third kappa shape index (κ3) is 7.37. The Morgan fingerprint density at radius 2 is 0.894 bits per heavy atom. The van der Waals surface area contributed by atoms with Crippen LogP contribution in [0.4, 0.5) is 0 Å². The SMILES string of the molecule is CC1(C)CC2=CC3=C(C(=O)/C=C(\O)c4ccc5ccccc5c4)C(=O)OC3(C)C(=O)C2=CO1.CC1(C)CC2=CC3=C(C(=O)C=C(O)c4ccc5ccccc5c4)C(=O)OC3(C)C(=O)C2=CO1. The fourth-order valence-corrected chi connectivity index (χ4v) is 9.06. The van der Waals surface area contributed by atoms with Crippen molar-refractivity contribution in [3.63, 3.8) is 0 Å². The molecular formula is C54H44O12. The van der Waals surface area contributed by atoms with Gasteiger partial charge in [0.1, 0.15) is 33.9 Å². The Balaban J connectivity index is 0.000000166. The number of benzene rings is 4. The van der Waals surface area contributed by atoms with Gasteiger partial charge in [-0.1, -0.05) is 72.8 Å². The molecule has 2 atom stereocenters. The molecule has 0 amide bonds. The molecule has 4 aromatic rings. The number of fused-ring (bicyclic) bond motifs is 6. The van der Waals surface area contributed by atoms with Crippen molar-refractivity contribution in [2.24, 2.45) is 0 Å². The minimum atomic E-state index is -1.60. The van der Waals surface area contributed by atoms with E-state index in [4.69, 9.17) is 18.9 Å². The molecule has 0 radical (unpaired) electrons. The van der Waals surface area contributed by atoms with Crippen LogP contribution < -0.4 is 0 Å². The highest BCUT2D eigenvalue weighted by Crippen LogP contribution is 2.48. The first-order chi connectivity index (χ1) is 31.2. The normalized spacial score (nSPS) is 23.9. The van der Waals surface area contributed by atoms with E-state index in [1.54, 1.807) is 36.4 Å². The van der Waals surface area contributed by atoms with E-state index in [0.717, 1.165) is 33.7 Å². The van der Waals surface area contributed by atoms with Gasteiger partial charge < -0.3 is 29.2 Å². The van der Waals surface area contributed by atoms with Crippen LogP contribution in [0.1, 0.15) is 65.5 Å². The molecule has 12 heteroatoms. The molecule has 2 N–H and O–H groups in total. The smallest absolute Gasteiger partial charge is 0.343 e. The lowest BCUT2D eigenvalue weighted by Crippen LogP contribution is -2.43. The molecule has 0 spiro atoms. The lowest BCUT2D eigenvalue weighted by molar-refractivity contribution is -0.153. The summed E-state index contributed by atoms with van der Waals surface area (Å²) in [6.07, 6.45) is 9.05. The highest BCUT2D eigenvalue weighted by Gasteiger charge is 2.56. The number of esters is 2. The van der Waals surface area contributed by atoms with Crippen LogP contribution >= 0.6 is 0 Å². The van der Waals surface area contributed by atoms with E-state index in [2.05, 4.69) is 0 Å². The van der Waals surface area contributed by atoms with Crippen LogP contribution in [0.3, 0.4) is 0 Å². The number of hydrogen-bond donors (Lipinski definition) is 2. The minimum absolute atomic E-state index is 0.218. The van der Waals surface area contributed by atoms with Gasteiger partial charge in [0.2, 0.25) is 11.6 Å². The summed E-state index contributed by atoms with van der Waals surface area (Å²) in [5.41, 5.74) is -1.35. The third-order valence-corrected chi connectivity index (χ3v) is 12.6. The van der Waals surface area contributed by atoms with Gasteiger partial charge in [0.25, 0.3) is 0 Å². The van der Waals surface area contributed by atoms with Gasteiger partial charge >= 0.3 is 11.9 Å². The topological polar surface area (TPSA) is 180 Å². The summed E-state index contributed by atoms with van der Waals surface area (Å²) >= 11 is 0. The van der Waals surface area contributed by atoms with Gasteiger partial charge in [-0.3, -0.25) is 19.2 Å². The molecule has 4 aliphatic heterocycles. The predicted molar refractivity (Wildman–Crippen MR) is 244 cm³/mol. The Hall–Kier alpha value is -7.86. The van der Waals surface area contributed by atoms with E-state index in [1.165, 1.54) is 26.4 Å². The van der Waals surface area contributed by atoms with Crippen molar-refractivity contribution < 1.29 is 57.9 Å². The van der Waals surface area contributed by atoms with Crippen molar-refractivity contribution in [2.75, 3.05) is 0 Å². The van der Waals surface area contributed by atoms with Gasteiger partial charge in [0, 0.05) is 47.3 Å². The van der Waals surface area contributed by atoms with Crippen LogP contribution in [-0.4, -0.2) is 67.7 Å². The number of rotatable bonds is 6. The lowest BCUT2D eigenvalue weighted by Gasteiger charge is -2.37. The largest absolute Gasteiger partial charge is 0.507 e. The molecule has 4 heterocycles. The van der Waals surface area contributed by atoms with E-state index in [0.29, 0.717) is 46.3 Å². The van der Waals surface area contributed by atoms with Crippen molar-refractivity contribution >= 4 is 68.1 Å². The Labute approximate surface area is 379 Å². The van der Waals surface area contributed by atoms with Crippen molar-refractivity contribution in [1.82, 2.24) is 0 Å². The van der Waals surface area contributed by atoms with Gasteiger partial charge in [-0.2, -0.15) is 0 Å². The highest BCUT2D eigenvalue weighted by molar-refractivity contribution is 6.29. The van der Waals surface area contributed by atoms with Crippen LogP contribution in [0, 0.1) is 0 Å². The number of hydrogen-bond acceptors (Lipinski definition) is 12. The molecule has 10 rings (SSSR count). The van der Waals surface area contributed by atoms with Gasteiger partial charge in [0.15, 0.2) is 22.8 Å². The molecule has 0 fully saturated rings. The van der Waals surface area contributed by atoms with E-state index < -0.39 is 57.5 Å². The molecule has 6 aliphatic rings. The second-order valence-electron chi connectivity index (χ2n) is 18.5. The van der Waals surface area contributed by atoms with E-state index in [9.17, 15) is 39.0 Å². The van der Waals surface area contributed by atoms with Crippen LogP contribution in [0.5, 0.6) is 0 Å². The number of ketones is 4. The summed E-state index contributed by atoms with van der Waals surface area (Å²) < 4.78 is 22.1. The fraction of sp³-hybridized carbons (Fsp3) is 0.222. The fourth-order valence-electron chi connectivity index (χ4n) is 9.06. The number of aliphatic hydroxyl groups excluding tert-OH is 2. The first-order valence-electron chi connectivity index (χ1n) is 21.3. The number of allylic oxidation sites excluding steroid dienone is 2. The number of Topliss-reactive ketones (excluding diaryl/α,β-unsaturated/α-hetero) is 2. The standard InChI is InChI=1S/2C27H22O6/c2*1-26(2)13-18-11-20-23(25(31)33-27(20,3)24(30)19(18)14-32-26)22(29)12-21(28)17-9-8-15-6-4-5-7-16(15)10-17/h2*4-12,14,28H,13H2,1-3H3/b21-12-;. The highest BCUT2D eigenvalue weighted by atomic mass is 16.6. The van der Waals surface area contributed by atoms with Crippen LogP contribution in [-0.2, 0) is 47.7 Å². The summed E-state index contributed by atoms with van der Waals surface area (Å²) in [5, 5.41) is 25.0. The second-order valence-corrected chi connectivity index (χ2v) is 18.5. The average Bonchev–Trinajstić information content (AvgIpc) is 3.70. The van der Waals surface area contributed by atoms with E-state index >= 15 is 0 Å². The lowest BCUT2D eigenvalue weighted by atomic mass is 9.74.